The quantitative estimate of drug-likeness (QED) is 0.402. The van der Waals surface area contributed by atoms with Gasteiger partial charge >= 0.3 is 27.3 Å². The first-order valence-corrected chi connectivity index (χ1v) is 13.4. The molecule has 0 spiro atoms. The maximum atomic E-state index is 13.6. The number of amides is 1. The van der Waals surface area contributed by atoms with Gasteiger partial charge in [-0.25, -0.2) is 0 Å². The van der Waals surface area contributed by atoms with Crippen LogP contribution in [0.3, 0.4) is 0 Å². The molecule has 9 nitrogen and oxygen atoms in total. The molecule has 2 bridgehead atoms. The molecule has 0 radical (unpaired) electrons. The molecule has 13 heteroatoms. The van der Waals surface area contributed by atoms with Gasteiger partial charge in [-0.15, -0.1) is 11.8 Å². The molecular formula is C20H27F2NO8S2. The fourth-order valence-corrected chi connectivity index (χ4v) is 7.85. The van der Waals surface area contributed by atoms with E-state index >= 15 is 0 Å². The maximum absolute atomic E-state index is 13.6. The first-order chi connectivity index (χ1) is 15.3. The number of thioether (sulfide) groups is 1. The molecule has 1 amide bonds. The zero-order valence-electron chi connectivity index (χ0n) is 18.2. The van der Waals surface area contributed by atoms with Gasteiger partial charge in [-0.3, -0.25) is 18.9 Å². The number of carbonyl (C=O) groups is 3. The monoisotopic (exact) mass is 511 g/mol. The summed E-state index contributed by atoms with van der Waals surface area (Å²) in [4.78, 5) is 40.4. The lowest BCUT2D eigenvalue weighted by molar-refractivity contribution is -0.165. The molecule has 1 N–H and O–H groups in total. The van der Waals surface area contributed by atoms with Crippen LogP contribution in [0.15, 0.2) is 0 Å². The minimum absolute atomic E-state index is 0.233. The number of rotatable bonds is 7. The van der Waals surface area contributed by atoms with Crippen LogP contribution >= 0.6 is 11.8 Å². The molecule has 0 aromatic heterocycles. The van der Waals surface area contributed by atoms with Crippen molar-refractivity contribution in [3.63, 3.8) is 0 Å². The fraction of sp³-hybridized carbons (Fsp3) is 0.850. The van der Waals surface area contributed by atoms with Gasteiger partial charge in [-0.2, -0.15) is 17.2 Å². The van der Waals surface area contributed by atoms with Crippen LogP contribution in [0.4, 0.5) is 8.78 Å². The summed E-state index contributed by atoms with van der Waals surface area (Å²) in [5.41, 5.74) is 0. The van der Waals surface area contributed by atoms with E-state index in [9.17, 15) is 31.6 Å². The average Bonchev–Trinajstić information content (AvgIpc) is 3.34. The summed E-state index contributed by atoms with van der Waals surface area (Å²) in [5.74, 6) is -4.12. The number of nitrogens with zero attached hydrogens (tertiary/aromatic N) is 1. The summed E-state index contributed by atoms with van der Waals surface area (Å²) in [7, 11) is -5.77. The zero-order chi connectivity index (χ0) is 24.3. The van der Waals surface area contributed by atoms with Gasteiger partial charge in [-0.05, 0) is 26.7 Å². The van der Waals surface area contributed by atoms with Gasteiger partial charge in [-0.1, -0.05) is 19.3 Å². The highest BCUT2D eigenvalue weighted by molar-refractivity contribution is 8.01. The van der Waals surface area contributed by atoms with Crippen molar-refractivity contribution < 1.29 is 45.6 Å². The van der Waals surface area contributed by atoms with Crippen molar-refractivity contribution in [2.75, 3.05) is 6.61 Å². The molecule has 3 aliphatic heterocycles. The molecule has 3 heterocycles. The Morgan fingerprint density at radius 2 is 1.82 bits per heavy atom. The Hall–Kier alpha value is -1.47. The van der Waals surface area contributed by atoms with E-state index in [2.05, 4.69) is 4.74 Å². The van der Waals surface area contributed by atoms with Crippen LogP contribution in [-0.4, -0.2) is 76.3 Å². The Kier molecular flexibility index (Phi) is 6.45. The van der Waals surface area contributed by atoms with Crippen molar-refractivity contribution in [2.24, 2.45) is 17.8 Å². The first-order valence-electron chi connectivity index (χ1n) is 11.0. The summed E-state index contributed by atoms with van der Waals surface area (Å²) >= 11 is 1.31. The van der Waals surface area contributed by atoms with Gasteiger partial charge in [0.2, 0.25) is 5.91 Å². The standard InChI is InChI=1S/C20H27F2NO8S2/c1-9(2)23-13-14(31-18(25)10-6-4-3-5-7-10)16-12(11(17(23)24)15(13)32-16)19(26)30-8-20(21,22)33(27,28)29/h9-16H,3-8H2,1-2H3,(H,27,28,29). The predicted octanol–water partition coefficient (Wildman–Crippen LogP) is 1.85. The van der Waals surface area contributed by atoms with Crippen LogP contribution in [0, 0.1) is 17.8 Å². The second-order valence-corrected chi connectivity index (χ2v) is 12.3. The van der Waals surface area contributed by atoms with Crippen LogP contribution in [0.2, 0.25) is 0 Å². The molecule has 1 saturated carbocycles. The van der Waals surface area contributed by atoms with Gasteiger partial charge in [0, 0.05) is 11.3 Å². The smallest absolute Gasteiger partial charge is 0.402 e. The molecule has 186 valence electrons. The van der Waals surface area contributed by atoms with E-state index in [0.29, 0.717) is 12.8 Å². The van der Waals surface area contributed by atoms with Crippen molar-refractivity contribution >= 4 is 39.7 Å². The third-order valence-electron chi connectivity index (χ3n) is 7.05. The summed E-state index contributed by atoms with van der Waals surface area (Å²) in [6.45, 7) is 1.75. The summed E-state index contributed by atoms with van der Waals surface area (Å²) in [6, 6.07) is -0.655. The van der Waals surface area contributed by atoms with Gasteiger partial charge in [0.1, 0.15) is 6.10 Å². The number of ether oxygens (including phenoxy) is 2. The Labute approximate surface area is 194 Å². The van der Waals surface area contributed by atoms with Crippen LogP contribution in [0.5, 0.6) is 0 Å². The SMILES string of the molecule is CC(C)N1C(=O)C2C3SC(C(OC(=O)C4CCCCC4)C31)C2C(=O)OCC(F)(F)S(=O)(=O)O. The van der Waals surface area contributed by atoms with E-state index in [0.717, 1.165) is 19.3 Å². The van der Waals surface area contributed by atoms with E-state index < -0.39 is 57.2 Å². The summed E-state index contributed by atoms with van der Waals surface area (Å²) < 4.78 is 67.9. The van der Waals surface area contributed by atoms with Crippen LogP contribution in [0.25, 0.3) is 0 Å². The number of esters is 2. The molecule has 6 unspecified atom stereocenters. The number of carbonyl (C=O) groups excluding carboxylic acids is 3. The molecule has 4 fully saturated rings. The lowest BCUT2D eigenvalue weighted by Gasteiger charge is -2.35. The van der Waals surface area contributed by atoms with E-state index in [1.165, 1.54) is 11.8 Å². The van der Waals surface area contributed by atoms with Gasteiger partial charge in [0.15, 0.2) is 6.61 Å². The van der Waals surface area contributed by atoms with Crippen molar-refractivity contribution in [1.29, 1.82) is 0 Å². The van der Waals surface area contributed by atoms with Gasteiger partial charge in [0.25, 0.3) is 0 Å². The van der Waals surface area contributed by atoms with Crippen LogP contribution in [-0.2, 0) is 34.0 Å². The highest BCUT2D eigenvalue weighted by Crippen LogP contribution is 2.60. The molecule has 33 heavy (non-hydrogen) atoms. The predicted molar refractivity (Wildman–Crippen MR) is 112 cm³/mol. The number of likely N-dealkylation sites (tertiary alicyclic amines) is 1. The average molecular weight is 512 g/mol. The van der Waals surface area contributed by atoms with E-state index in [1.807, 2.05) is 0 Å². The van der Waals surface area contributed by atoms with Crippen molar-refractivity contribution in [3.8, 4) is 0 Å². The summed E-state index contributed by atoms with van der Waals surface area (Å²) in [5, 5.41) is -5.71. The maximum Gasteiger partial charge on any atom is 0.402 e. The van der Waals surface area contributed by atoms with E-state index in [1.54, 1.807) is 18.7 Å². The molecule has 3 saturated heterocycles. The molecule has 1 aliphatic carbocycles. The van der Waals surface area contributed by atoms with Crippen molar-refractivity contribution in [2.45, 2.75) is 79.9 Å². The van der Waals surface area contributed by atoms with Gasteiger partial charge in [0.05, 0.1) is 29.0 Å². The van der Waals surface area contributed by atoms with Crippen LogP contribution < -0.4 is 0 Å². The lowest BCUT2D eigenvalue weighted by Crippen LogP contribution is -2.52. The Morgan fingerprint density at radius 3 is 2.39 bits per heavy atom. The molecule has 4 rings (SSSR count). The third-order valence-corrected chi connectivity index (χ3v) is 9.68. The second-order valence-electron chi connectivity index (χ2n) is 9.40. The highest BCUT2D eigenvalue weighted by atomic mass is 32.2. The van der Waals surface area contributed by atoms with E-state index in [4.69, 9.17) is 9.29 Å². The Bertz CT molecular complexity index is 936. The Balaban J connectivity index is 1.56. The minimum atomic E-state index is -5.77. The molecule has 6 atom stereocenters. The zero-order valence-corrected chi connectivity index (χ0v) is 19.8. The number of hydrogen-bond donors (Lipinski definition) is 1. The molecule has 0 aromatic rings. The Morgan fingerprint density at radius 1 is 1.18 bits per heavy atom. The van der Waals surface area contributed by atoms with Gasteiger partial charge < -0.3 is 14.4 Å². The molecule has 4 aliphatic rings. The number of alkyl halides is 2. The number of fused-ring (bicyclic) bond motifs is 1. The number of halogens is 2. The summed E-state index contributed by atoms with van der Waals surface area (Å²) in [6.07, 6.45) is 3.52. The van der Waals surface area contributed by atoms with Crippen molar-refractivity contribution in [3.05, 3.63) is 0 Å². The molecular weight excluding hydrogens is 484 g/mol. The lowest BCUT2D eigenvalue weighted by atomic mass is 9.78. The first kappa shape index (κ1) is 24.6. The van der Waals surface area contributed by atoms with Crippen LogP contribution in [0.1, 0.15) is 46.0 Å². The van der Waals surface area contributed by atoms with E-state index in [-0.39, 0.29) is 29.1 Å². The highest BCUT2D eigenvalue weighted by Gasteiger charge is 2.72. The second kappa shape index (κ2) is 8.63. The van der Waals surface area contributed by atoms with Crippen molar-refractivity contribution in [1.82, 2.24) is 4.90 Å². The normalized spacial score (nSPS) is 34.2. The number of hydrogen-bond acceptors (Lipinski definition) is 8. The largest absolute Gasteiger partial charge is 0.459 e. The molecule has 0 aromatic carbocycles. The fourth-order valence-electron chi connectivity index (χ4n) is 5.56. The topological polar surface area (TPSA) is 127 Å². The minimum Gasteiger partial charge on any atom is -0.459 e. The third kappa shape index (κ3) is 4.13.